The highest BCUT2D eigenvalue weighted by Crippen LogP contribution is 2.36. The topological polar surface area (TPSA) is 68.7 Å². The van der Waals surface area contributed by atoms with Crippen molar-refractivity contribution in [3.63, 3.8) is 0 Å². The molecule has 0 atom stereocenters. The molecule has 7 rings (SSSR count). The highest BCUT2D eigenvalue weighted by molar-refractivity contribution is 6.09. The molecular formula is C35H24FN5O. The van der Waals surface area contributed by atoms with Crippen LogP contribution in [-0.2, 0) is 0 Å². The molecule has 7 heteroatoms. The van der Waals surface area contributed by atoms with Crippen molar-refractivity contribution in [2.45, 2.75) is 13.8 Å². The Morgan fingerprint density at radius 3 is 2.43 bits per heavy atom. The lowest BCUT2D eigenvalue weighted by Crippen LogP contribution is -2.01. The molecule has 0 fully saturated rings. The van der Waals surface area contributed by atoms with Crippen molar-refractivity contribution in [1.82, 2.24) is 19.3 Å². The van der Waals surface area contributed by atoms with Crippen LogP contribution >= 0.6 is 0 Å². The predicted octanol–water partition coefficient (Wildman–Crippen LogP) is 8.45. The Bertz CT molecular complexity index is 2160. The SMILES string of the molecule is Cc1nn(-c2ccc(F)c(Oc3ccc4c5cc(C#N)ccc5n(-c5ccccn5)c4c3)c2)c(C)c1-c1ccccc1. The molecule has 0 aliphatic heterocycles. The highest BCUT2D eigenvalue weighted by atomic mass is 19.1. The predicted molar refractivity (Wildman–Crippen MR) is 162 cm³/mol. The second-order valence-electron chi connectivity index (χ2n) is 10.1. The van der Waals surface area contributed by atoms with Crippen LogP contribution in [0, 0.1) is 31.0 Å². The average Bonchev–Trinajstić information content (AvgIpc) is 3.51. The minimum Gasteiger partial charge on any atom is -0.454 e. The van der Waals surface area contributed by atoms with Crippen LogP contribution in [-0.4, -0.2) is 19.3 Å². The third-order valence-electron chi connectivity index (χ3n) is 7.49. The molecule has 3 heterocycles. The molecule has 0 bridgehead atoms. The quantitative estimate of drug-likeness (QED) is 0.216. The molecule has 0 N–H and O–H groups in total. The zero-order valence-electron chi connectivity index (χ0n) is 22.9. The summed E-state index contributed by atoms with van der Waals surface area (Å²) in [7, 11) is 0. The fourth-order valence-electron chi connectivity index (χ4n) is 5.61. The number of aromatic nitrogens is 4. The first kappa shape index (κ1) is 25.2. The summed E-state index contributed by atoms with van der Waals surface area (Å²) in [4.78, 5) is 4.56. The number of fused-ring (bicyclic) bond motifs is 3. The standard InChI is InChI=1S/C35H24FN5O/c1-22-35(25-8-4-3-5-9-25)23(2)41(39-22)26-12-15-30(36)33(19-26)42-27-13-14-28-29-18-24(21-37)11-16-31(29)40(32(28)20-27)34-10-6-7-17-38-34/h3-20H,1-2H3. The average molecular weight is 550 g/mol. The van der Waals surface area contributed by atoms with Crippen molar-refractivity contribution in [3.05, 3.63) is 132 Å². The van der Waals surface area contributed by atoms with E-state index < -0.39 is 5.82 Å². The van der Waals surface area contributed by atoms with Gasteiger partial charge in [0.05, 0.1) is 34.0 Å². The highest BCUT2D eigenvalue weighted by Gasteiger charge is 2.18. The number of hydrogen-bond acceptors (Lipinski definition) is 4. The molecule has 7 aromatic rings. The van der Waals surface area contributed by atoms with Crippen molar-refractivity contribution in [1.29, 1.82) is 5.26 Å². The van der Waals surface area contributed by atoms with E-state index in [1.54, 1.807) is 24.4 Å². The van der Waals surface area contributed by atoms with E-state index in [1.807, 2.05) is 89.8 Å². The van der Waals surface area contributed by atoms with Crippen LogP contribution in [0.25, 0.3) is 44.4 Å². The third kappa shape index (κ3) is 4.18. The van der Waals surface area contributed by atoms with E-state index in [0.717, 1.165) is 50.1 Å². The number of rotatable bonds is 5. The Kier molecular flexibility index (Phi) is 6.02. The summed E-state index contributed by atoms with van der Waals surface area (Å²) >= 11 is 0. The van der Waals surface area contributed by atoms with Gasteiger partial charge in [0.25, 0.3) is 0 Å². The zero-order valence-corrected chi connectivity index (χ0v) is 22.9. The number of benzene rings is 4. The van der Waals surface area contributed by atoms with E-state index in [0.29, 0.717) is 17.0 Å². The van der Waals surface area contributed by atoms with Gasteiger partial charge >= 0.3 is 0 Å². The van der Waals surface area contributed by atoms with Crippen LogP contribution in [0.2, 0.25) is 0 Å². The molecule has 0 aliphatic rings. The molecule has 0 amide bonds. The van der Waals surface area contributed by atoms with Crippen LogP contribution in [0.4, 0.5) is 4.39 Å². The lowest BCUT2D eigenvalue weighted by Gasteiger charge is -2.12. The molecule has 6 nitrogen and oxygen atoms in total. The van der Waals surface area contributed by atoms with Crippen molar-refractivity contribution in [3.8, 4) is 40.2 Å². The van der Waals surface area contributed by atoms with Crippen LogP contribution in [0.15, 0.2) is 109 Å². The number of aryl methyl sites for hydroxylation is 1. The van der Waals surface area contributed by atoms with Gasteiger partial charge in [-0.2, -0.15) is 10.4 Å². The number of pyridine rings is 1. The maximum atomic E-state index is 15.1. The lowest BCUT2D eigenvalue weighted by atomic mass is 10.0. The second kappa shape index (κ2) is 10.0. The molecule has 0 saturated carbocycles. The van der Waals surface area contributed by atoms with E-state index in [4.69, 9.17) is 9.84 Å². The van der Waals surface area contributed by atoms with Gasteiger partial charge in [0.1, 0.15) is 11.6 Å². The van der Waals surface area contributed by atoms with Crippen molar-refractivity contribution >= 4 is 21.8 Å². The number of nitrogens with zero attached hydrogens (tertiary/aromatic N) is 5. The van der Waals surface area contributed by atoms with Crippen molar-refractivity contribution < 1.29 is 9.13 Å². The molecule has 0 unspecified atom stereocenters. The van der Waals surface area contributed by atoms with E-state index in [2.05, 4.69) is 23.2 Å². The summed E-state index contributed by atoms with van der Waals surface area (Å²) in [6, 6.07) is 34.0. The summed E-state index contributed by atoms with van der Waals surface area (Å²) in [5, 5.41) is 16.1. The summed E-state index contributed by atoms with van der Waals surface area (Å²) in [5.41, 5.74) is 6.98. The molecule has 0 aliphatic carbocycles. The van der Waals surface area contributed by atoms with Gasteiger partial charge in [0, 0.05) is 40.4 Å². The summed E-state index contributed by atoms with van der Waals surface area (Å²) in [6.07, 6.45) is 1.74. The maximum absolute atomic E-state index is 15.1. The number of halogens is 1. The van der Waals surface area contributed by atoms with Gasteiger partial charge in [-0.3, -0.25) is 4.57 Å². The van der Waals surface area contributed by atoms with Gasteiger partial charge in [-0.05, 0) is 74.0 Å². The van der Waals surface area contributed by atoms with Crippen LogP contribution in [0.1, 0.15) is 17.0 Å². The number of nitriles is 1. The number of hydrogen-bond donors (Lipinski definition) is 0. The van der Waals surface area contributed by atoms with Crippen LogP contribution < -0.4 is 4.74 Å². The number of ether oxygens (including phenoxy) is 1. The van der Waals surface area contributed by atoms with Crippen LogP contribution in [0.3, 0.4) is 0 Å². The van der Waals surface area contributed by atoms with Gasteiger partial charge in [0.15, 0.2) is 11.6 Å². The van der Waals surface area contributed by atoms with E-state index >= 15 is 4.39 Å². The third-order valence-corrected chi connectivity index (χ3v) is 7.49. The van der Waals surface area contributed by atoms with Gasteiger partial charge < -0.3 is 4.74 Å². The Labute approximate surface area is 241 Å². The fraction of sp³-hybridized carbons (Fsp3) is 0.0571. The lowest BCUT2D eigenvalue weighted by molar-refractivity contribution is 0.442. The van der Waals surface area contributed by atoms with Crippen molar-refractivity contribution in [2.24, 2.45) is 0 Å². The summed E-state index contributed by atoms with van der Waals surface area (Å²) in [5.74, 6) is 0.809. The second-order valence-corrected chi connectivity index (χ2v) is 10.1. The Morgan fingerprint density at radius 2 is 1.64 bits per heavy atom. The fourth-order valence-corrected chi connectivity index (χ4v) is 5.61. The normalized spacial score (nSPS) is 11.2. The molecule has 4 aromatic carbocycles. The summed E-state index contributed by atoms with van der Waals surface area (Å²) in [6.45, 7) is 3.98. The molecule has 3 aromatic heterocycles. The van der Waals surface area contributed by atoms with Gasteiger partial charge in [-0.1, -0.05) is 36.4 Å². The van der Waals surface area contributed by atoms with Gasteiger partial charge in [-0.15, -0.1) is 0 Å². The summed E-state index contributed by atoms with van der Waals surface area (Å²) < 4.78 is 25.1. The Morgan fingerprint density at radius 1 is 0.810 bits per heavy atom. The molecule has 202 valence electrons. The van der Waals surface area contributed by atoms with Crippen molar-refractivity contribution in [2.75, 3.05) is 0 Å². The minimum absolute atomic E-state index is 0.0907. The smallest absolute Gasteiger partial charge is 0.165 e. The Balaban J connectivity index is 1.32. The Hall–Kier alpha value is -5.74. The monoisotopic (exact) mass is 549 g/mol. The molecule has 0 spiro atoms. The first-order valence-corrected chi connectivity index (χ1v) is 13.5. The largest absolute Gasteiger partial charge is 0.454 e. The minimum atomic E-state index is -0.479. The first-order chi connectivity index (χ1) is 20.5. The maximum Gasteiger partial charge on any atom is 0.165 e. The van der Waals surface area contributed by atoms with E-state index in [1.165, 1.54) is 6.07 Å². The van der Waals surface area contributed by atoms with Gasteiger partial charge in [0.2, 0.25) is 0 Å². The van der Waals surface area contributed by atoms with Gasteiger partial charge in [-0.25, -0.2) is 14.1 Å². The molecular weight excluding hydrogens is 525 g/mol. The first-order valence-electron chi connectivity index (χ1n) is 13.5. The van der Waals surface area contributed by atoms with E-state index in [-0.39, 0.29) is 5.75 Å². The molecule has 0 saturated heterocycles. The van der Waals surface area contributed by atoms with Crippen LogP contribution in [0.5, 0.6) is 11.5 Å². The molecule has 42 heavy (non-hydrogen) atoms. The van der Waals surface area contributed by atoms with E-state index in [9.17, 15) is 5.26 Å². The zero-order chi connectivity index (χ0) is 28.8. The molecule has 0 radical (unpaired) electrons.